The SMILES string of the molecule is O=S(O)O.c1ncncn1. The Balaban J connectivity index is 0.000000180. The van der Waals surface area contributed by atoms with Crippen LogP contribution in [0.25, 0.3) is 0 Å². The molecule has 0 fully saturated rings. The molecule has 0 radical (unpaired) electrons. The summed E-state index contributed by atoms with van der Waals surface area (Å²) in [5, 5.41) is 0. The van der Waals surface area contributed by atoms with Crippen LogP contribution in [0.4, 0.5) is 0 Å². The minimum absolute atomic E-state index is 1.44. The van der Waals surface area contributed by atoms with Crippen molar-refractivity contribution < 1.29 is 13.3 Å². The van der Waals surface area contributed by atoms with Gasteiger partial charge in [-0.15, -0.1) is 0 Å². The second-order valence-electron chi connectivity index (χ2n) is 1.02. The van der Waals surface area contributed by atoms with Crippen LogP contribution in [0.1, 0.15) is 0 Å². The van der Waals surface area contributed by atoms with Crippen LogP contribution in [-0.2, 0) is 11.4 Å². The fourth-order valence-corrected chi connectivity index (χ4v) is 0.205. The van der Waals surface area contributed by atoms with Crippen LogP contribution in [-0.4, -0.2) is 28.3 Å². The van der Waals surface area contributed by atoms with Gasteiger partial charge in [0.1, 0.15) is 19.0 Å². The van der Waals surface area contributed by atoms with Crippen LogP contribution in [0.3, 0.4) is 0 Å². The Morgan fingerprint density at radius 3 is 1.30 bits per heavy atom. The predicted octanol–water partition coefficient (Wildman–Crippen LogP) is -0.447. The van der Waals surface area contributed by atoms with Gasteiger partial charge < -0.3 is 0 Å². The summed E-state index contributed by atoms with van der Waals surface area (Å²) in [5.41, 5.74) is 0. The zero-order valence-corrected chi connectivity index (χ0v) is 5.60. The van der Waals surface area contributed by atoms with Crippen molar-refractivity contribution in [1.29, 1.82) is 0 Å². The molecule has 1 heterocycles. The lowest BCUT2D eigenvalue weighted by Gasteiger charge is -1.69. The van der Waals surface area contributed by atoms with Crippen molar-refractivity contribution in [3.8, 4) is 0 Å². The van der Waals surface area contributed by atoms with Crippen LogP contribution in [0.5, 0.6) is 0 Å². The minimum atomic E-state index is -2.61. The molecule has 7 heteroatoms. The summed E-state index contributed by atoms with van der Waals surface area (Å²) >= 11 is -2.61. The highest BCUT2D eigenvalue weighted by Gasteiger charge is 1.62. The fourth-order valence-electron chi connectivity index (χ4n) is 0.205. The average molecular weight is 163 g/mol. The second kappa shape index (κ2) is 6.20. The van der Waals surface area contributed by atoms with Crippen LogP contribution in [0, 0.1) is 0 Å². The molecule has 0 aliphatic heterocycles. The van der Waals surface area contributed by atoms with Crippen molar-refractivity contribution in [2.45, 2.75) is 0 Å². The third-order valence-corrected chi connectivity index (χ3v) is 0.400. The number of hydrogen-bond acceptors (Lipinski definition) is 4. The first kappa shape index (κ1) is 9.08. The van der Waals surface area contributed by atoms with Gasteiger partial charge in [0.05, 0.1) is 0 Å². The Morgan fingerprint density at radius 1 is 1.00 bits per heavy atom. The normalized spacial score (nSPS) is 8.30. The molecule has 0 spiro atoms. The van der Waals surface area contributed by atoms with Crippen LogP contribution in [0.15, 0.2) is 19.0 Å². The maximum atomic E-state index is 8.67. The van der Waals surface area contributed by atoms with E-state index in [0.29, 0.717) is 0 Å². The van der Waals surface area contributed by atoms with Crippen molar-refractivity contribution in [2.75, 3.05) is 0 Å². The van der Waals surface area contributed by atoms with E-state index < -0.39 is 11.4 Å². The zero-order valence-electron chi connectivity index (χ0n) is 4.78. The van der Waals surface area contributed by atoms with Gasteiger partial charge in [0.2, 0.25) is 0 Å². The van der Waals surface area contributed by atoms with Crippen molar-refractivity contribution in [1.82, 2.24) is 15.0 Å². The number of aromatic nitrogens is 3. The van der Waals surface area contributed by atoms with E-state index in [1.54, 1.807) is 0 Å². The van der Waals surface area contributed by atoms with E-state index in [0.717, 1.165) is 0 Å². The lowest BCUT2D eigenvalue weighted by atomic mass is 11.1. The molecule has 0 unspecified atom stereocenters. The van der Waals surface area contributed by atoms with Gasteiger partial charge in [-0.3, -0.25) is 9.11 Å². The highest BCUT2D eigenvalue weighted by molar-refractivity contribution is 7.73. The van der Waals surface area contributed by atoms with E-state index in [9.17, 15) is 0 Å². The van der Waals surface area contributed by atoms with Gasteiger partial charge in [-0.2, -0.15) is 4.21 Å². The molecule has 0 saturated carbocycles. The quantitative estimate of drug-likeness (QED) is 0.503. The van der Waals surface area contributed by atoms with Crippen LogP contribution < -0.4 is 0 Å². The van der Waals surface area contributed by atoms with Gasteiger partial charge in [0, 0.05) is 0 Å². The first-order chi connectivity index (χ1) is 4.73. The van der Waals surface area contributed by atoms with Gasteiger partial charge in [-0.05, 0) is 0 Å². The molecule has 0 saturated heterocycles. The van der Waals surface area contributed by atoms with Crippen molar-refractivity contribution in [3.63, 3.8) is 0 Å². The summed E-state index contributed by atoms with van der Waals surface area (Å²) in [6.07, 6.45) is 4.31. The Bertz CT molecular complexity index is 151. The third kappa shape index (κ3) is 10.1. The first-order valence-corrected chi connectivity index (χ1v) is 3.14. The number of nitrogens with zero attached hydrogens (tertiary/aromatic N) is 3. The van der Waals surface area contributed by atoms with Gasteiger partial charge in [0.25, 0.3) is 11.4 Å². The largest absolute Gasteiger partial charge is 0.299 e. The summed E-state index contributed by atoms with van der Waals surface area (Å²) in [6, 6.07) is 0. The highest BCUT2D eigenvalue weighted by Crippen LogP contribution is 1.57. The van der Waals surface area contributed by atoms with E-state index in [-0.39, 0.29) is 0 Å². The smallest absolute Gasteiger partial charge is 0.284 e. The standard InChI is InChI=1S/C3H3N3.H2O3S/c1-4-2-6-3-5-1;1-4(2)3/h1-3H;(H2,1,2,3). The molecule has 0 atom stereocenters. The van der Waals surface area contributed by atoms with Gasteiger partial charge in [0.15, 0.2) is 0 Å². The Morgan fingerprint density at radius 2 is 1.20 bits per heavy atom. The highest BCUT2D eigenvalue weighted by atomic mass is 32.2. The van der Waals surface area contributed by atoms with E-state index in [2.05, 4.69) is 15.0 Å². The first-order valence-electron chi connectivity index (χ1n) is 2.08. The van der Waals surface area contributed by atoms with Gasteiger partial charge in [-0.1, -0.05) is 0 Å². The summed E-state index contributed by atoms with van der Waals surface area (Å²) in [5.74, 6) is 0. The summed E-state index contributed by atoms with van der Waals surface area (Å²) in [4.78, 5) is 10.7. The molecule has 0 aliphatic carbocycles. The summed E-state index contributed by atoms with van der Waals surface area (Å²) in [7, 11) is 0. The third-order valence-electron chi connectivity index (χ3n) is 0.400. The fraction of sp³-hybridized carbons (Fsp3) is 0. The molecule has 0 aliphatic rings. The monoisotopic (exact) mass is 163 g/mol. The molecular formula is C3H5N3O3S. The van der Waals surface area contributed by atoms with Crippen LogP contribution >= 0.6 is 0 Å². The minimum Gasteiger partial charge on any atom is -0.284 e. The zero-order chi connectivity index (χ0) is 7.82. The molecule has 0 bridgehead atoms. The maximum absolute atomic E-state index is 8.67. The predicted molar refractivity (Wildman–Crippen MR) is 33.2 cm³/mol. The van der Waals surface area contributed by atoms with Gasteiger partial charge in [-0.25, -0.2) is 15.0 Å². The van der Waals surface area contributed by atoms with E-state index >= 15 is 0 Å². The Kier molecular flexibility index (Phi) is 5.63. The van der Waals surface area contributed by atoms with E-state index in [4.69, 9.17) is 13.3 Å². The topological polar surface area (TPSA) is 96.2 Å². The molecule has 2 N–H and O–H groups in total. The average Bonchev–Trinajstić information content (AvgIpc) is 1.90. The molecule has 1 aromatic rings. The molecule has 10 heavy (non-hydrogen) atoms. The van der Waals surface area contributed by atoms with Crippen LogP contribution in [0.2, 0.25) is 0 Å². The van der Waals surface area contributed by atoms with Crippen molar-refractivity contribution in [3.05, 3.63) is 19.0 Å². The molecule has 6 nitrogen and oxygen atoms in total. The van der Waals surface area contributed by atoms with E-state index in [1.165, 1.54) is 19.0 Å². The van der Waals surface area contributed by atoms with Gasteiger partial charge >= 0.3 is 0 Å². The molecular weight excluding hydrogens is 158 g/mol. The molecule has 1 aromatic heterocycles. The number of rotatable bonds is 0. The lowest BCUT2D eigenvalue weighted by Crippen LogP contribution is -1.74. The second-order valence-corrected chi connectivity index (χ2v) is 1.49. The summed E-state index contributed by atoms with van der Waals surface area (Å²) < 4.78 is 22.8. The molecule has 0 aromatic carbocycles. The molecule has 0 amide bonds. The van der Waals surface area contributed by atoms with Crippen molar-refractivity contribution >= 4 is 11.4 Å². The molecule has 56 valence electrons. The Labute approximate surface area is 59.5 Å². The Hall–Kier alpha value is -0.920. The molecule has 1 rings (SSSR count). The maximum Gasteiger partial charge on any atom is 0.299 e. The number of hydrogen-bond donors (Lipinski definition) is 2. The van der Waals surface area contributed by atoms with Crippen molar-refractivity contribution in [2.24, 2.45) is 0 Å². The lowest BCUT2D eigenvalue weighted by molar-refractivity contribution is 0.454. The summed E-state index contributed by atoms with van der Waals surface area (Å²) in [6.45, 7) is 0. The van der Waals surface area contributed by atoms with E-state index in [1.807, 2.05) is 0 Å².